The fraction of sp³-hybridized carbons (Fsp3) is 0.667. The second-order valence-corrected chi connectivity index (χ2v) is 3.82. The van der Waals surface area contributed by atoms with Crippen LogP contribution in [0, 0.1) is 0 Å². The van der Waals surface area contributed by atoms with E-state index in [-0.39, 0.29) is 12.8 Å². The van der Waals surface area contributed by atoms with Gasteiger partial charge in [0.25, 0.3) is 5.66 Å². The van der Waals surface area contributed by atoms with Gasteiger partial charge in [-0.05, 0) is 12.8 Å². The lowest BCUT2D eigenvalue weighted by Gasteiger charge is -2.31. The number of nitrogens with zero attached hydrogens (tertiary/aromatic N) is 1. The Bertz CT molecular complexity index is 331. The van der Waals surface area contributed by atoms with E-state index >= 15 is 0 Å². The summed E-state index contributed by atoms with van der Waals surface area (Å²) in [4.78, 5) is 34.1. The number of Topliss-reactive ketones (excluding diaryl/α,β-unsaturated/α-hetero) is 1. The van der Waals surface area contributed by atoms with Crippen LogP contribution in [0.2, 0.25) is 0 Å². The lowest BCUT2D eigenvalue weighted by Crippen LogP contribution is -2.70. The zero-order chi connectivity index (χ0) is 12.3. The predicted octanol–water partition coefficient (Wildman–Crippen LogP) is -1.04. The number of carboxylic acids is 1. The van der Waals surface area contributed by atoms with E-state index in [9.17, 15) is 14.4 Å². The monoisotopic (exact) mass is 229 g/mol. The fourth-order valence-electron chi connectivity index (χ4n) is 1.60. The van der Waals surface area contributed by atoms with Crippen LogP contribution in [0.1, 0.15) is 32.1 Å². The van der Waals surface area contributed by atoms with E-state index in [1.54, 1.807) is 0 Å². The Morgan fingerprint density at radius 2 is 1.81 bits per heavy atom. The van der Waals surface area contributed by atoms with Crippen molar-refractivity contribution in [1.29, 1.82) is 0 Å². The van der Waals surface area contributed by atoms with Crippen LogP contribution in [0.15, 0.2) is 0 Å². The smallest absolute Gasteiger partial charge is 0.354 e. The number of rotatable bonds is 1. The Morgan fingerprint density at radius 1 is 1.25 bits per heavy atom. The van der Waals surface area contributed by atoms with Gasteiger partial charge in [-0.25, -0.2) is 15.6 Å². The first-order valence-electron chi connectivity index (χ1n) is 5.04. The number of amides is 1. The largest absolute Gasteiger partial charge is 0.478 e. The number of carbonyl (C=O) groups excluding carboxylic acids is 2. The molecule has 90 valence electrons. The minimum atomic E-state index is -2.43. The molecule has 0 aromatic rings. The first-order chi connectivity index (χ1) is 7.40. The van der Waals surface area contributed by atoms with Crippen molar-refractivity contribution in [2.75, 3.05) is 0 Å². The van der Waals surface area contributed by atoms with Crippen molar-refractivity contribution >= 4 is 17.7 Å². The van der Waals surface area contributed by atoms with E-state index < -0.39 is 23.3 Å². The van der Waals surface area contributed by atoms with Gasteiger partial charge in [-0.15, -0.1) is 0 Å². The highest BCUT2D eigenvalue weighted by Gasteiger charge is 2.48. The molecule has 0 spiro atoms. The first kappa shape index (κ1) is 12.6. The highest BCUT2D eigenvalue weighted by molar-refractivity contribution is 6.09. The number of nitrogens with two attached hydrogens (primary N) is 2. The minimum Gasteiger partial charge on any atom is -0.478 e. The third kappa shape index (κ3) is 2.05. The molecule has 1 aliphatic rings. The summed E-state index contributed by atoms with van der Waals surface area (Å²) in [5, 5.41) is 9.30. The molecule has 1 saturated heterocycles. The van der Waals surface area contributed by atoms with E-state index in [2.05, 4.69) is 0 Å². The third-order valence-corrected chi connectivity index (χ3v) is 2.69. The molecule has 1 amide bonds. The highest BCUT2D eigenvalue weighted by Crippen LogP contribution is 2.17. The van der Waals surface area contributed by atoms with E-state index in [1.807, 2.05) is 0 Å². The van der Waals surface area contributed by atoms with Gasteiger partial charge < -0.3 is 5.11 Å². The Labute approximate surface area is 92.3 Å². The van der Waals surface area contributed by atoms with Gasteiger partial charge in [-0.3, -0.25) is 15.3 Å². The van der Waals surface area contributed by atoms with E-state index in [0.29, 0.717) is 24.3 Å². The standard InChI is InChI=1S/C9H15N3O4/c10-9(8(15)16)6(13)4-2-1-3-5-7(14)12(9)11/h1-5,10-11H2,(H,15,16)/t9-/m0/s1. The van der Waals surface area contributed by atoms with Crippen molar-refractivity contribution in [3.8, 4) is 0 Å². The first-order valence-corrected chi connectivity index (χ1v) is 5.04. The molecule has 1 rings (SSSR count). The topological polar surface area (TPSA) is 127 Å². The van der Waals surface area contributed by atoms with Crippen molar-refractivity contribution < 1.29 is 19.5 Å². The number of aliphatic carboxylic acids is 1. The van der Waals surface area contributed by atoms with Crippen molar-refractivity contribution in [2.24, 2.45) is 11.6 Å². The molecule has 1 fully saturated rings. The summed E-state index contributed by atoms with van der Waals surface area (Å²) in [5.41, 5.74) is 3.02. The molecule has 0 radical (unpaired) electrons. The van der Waals surface area contributed by atoms with Gasteiger partial charge in [0, 0.05) is 12.8 Å². The van der Waals surface area contributed by atoms with Crippen molar-refractivity contribution in [2.45, 2.75) is 37.8 Å². The molecule has 16 heavy (non-hydrogen) atoms. The predicted molar refractivity (Wildman–Crippen MR) is 53.7 cm³/mol. The Balaban J connectivity index is 3.08. The van der Waals surface area contributed by atoms with Gasteiger partial charge in [-0.2, -0.15) is 0 Å². The van der Waals surface area contributed by atoms with Gasteiger partial charge in [0.2, 0.25) is 5.91 Å². The van der Waals surface area contributed by atoms with Gasteiger partial charge in [0.15, 0.2) is 5.78 Å². The lowest BCUT2D eigenvalue weighted by molar-refractivity contribution is -0.164. The Hall–Kier alpha value is -1.47. The summed E-state index contributed by atoms with van der Waals surface area (Å²) in [5.74, 6) is 2.38. The van der Waals surface area contributed by atoms with E-state index in [1.165, 1.54) is 0 Å². The van der Waals surface area contributed by atoms with Crippen LogP contribution < -0.4 is 11.6 Å². The van der Waals surface area contributed by atoms with Crippen molar-refractivity contribution in [1.82, 2.24) is 5.01 Å². The zero-order valence-electron chi connectivity index (χ0n) is 8.81. The molecule has 1 heterocycles. The average molecular weight is 229 g/mol. The molecule has 0 aromatic carbocycles. The zero-order valence-corrected chi connectivity index (χ0v) is 8.81. The van der Waals surface area contributed by atoms with Crippen LogP contribution in [-0.4, -0.2) is 33.4 Å². The van der Waals surface area contributed by atoms with Crippen molar-refractivity contribution in [3.63, 3.8) is 0 Å². The molecular formula is C9H15N3O4. The molecule has 7 nitrogen and oxygen atoms in total. The summed E-state index contributed by atoms with van der Waals surface area (Å²) < 4.78 is 0. The molecule has 0 saturated carbocycles. The van der Waals surface area contributed by atoms with E-state index in [4.69, 9.17) is 16.7 Å². The van der Waals surface area contributed by atoms with Crippen LogP contribution in [-0.2, 0) is 14.4 Å². The number of hydrogen-bond acceptors (Lipinski definition) is 5. The SMILES string of the molecule is NN1C(=O)CCCCCC(=O)[C@@]1(N)C(=O)O. The maximum Gasteiger partial charge on any atom is 0.354 e. The van der Waals surface area contributed by atoms with Crippen molar-refractivity contribution in [3.05, 3.63) is 0 Å². The maximum absolute atomic E-state index is 11.7. The number of hydrogen-bond donors (Lipinski definition) is 3. The van der Waals surface area contributed by atoms with Crippen LogP contribution in [0.3, 0.4) is 0 Å². The molecule has 1 aliphatic heterocycles. The average Bonchev–Trinajstić information content (AvgIpc) is 2.28. The number of ketones is 1. The number of hydrazine groups is 1. The minimum absolute atomic E-state index is 0.0176. The molecule has 5 N–H and O–H groups in total. The Morgan fingerprint density at radius 3 is 2.38 bits per heavy atom. The molecule has 0 aromatic heterocycles. The summed E-state index contributed by atoms with van der Waals surface area (Å²) in [6, 6.07) is 0. The summed E-state index contributed by atoms with van der Waals surface area (Å²) in [6.45, 7) is 0. The lowest BCUT2D eigenvalue weighted by atomic mass is 10.0. The summed E-state index contributed by atoms with van der Waals surface area (Å²) in [7, 11) is 0. The summed E-state index contributed by atoms with van der Waals surface area (Å²) in [6.07, 6.45) is 1.91. The molecule has 7 heteroatoms. The van der Waals surface area contributed by atoms with Gasteiger partial charge in [0.05, 0.1) is 0 Å². The normalized spacial score (nSPS) is 28.2. The second-order valence-electron chi connectivity index (χ2n) is 3.82. The maximum atomic E-state index is 11.7. The third-order valence-electron chi connectivity index (χ3n) is 2.69. The molecule has 0 unspecified atom stereocenters. The molecule has 1 atom stereocenters. The van der Waals surface area contributed by atoms with Crippen LogP contribution in [0.5, 0.6) is 0 Å². The molecule has 0 bridgehead atoms. The van der Waals surface area contributed by atoms with Gasteiger partial charge in [-0.1, -0.05) is 6.42 Å². The number of carbonyl (C=O) groups is 3. The second kappa shape index (κ2) is 4.58. The molecular weight excluding hydrogens is 214 g/mol. The fourth-order valence-corrected chi connectivity index (χ4v) is 1.60. The van der Waals surface area contributed by atoms with Crippen LogP contribution in [0.4, 0.5) is 0 Å². The molecule has 0 aliphatic carbocycles. The highest BCUT2D eigenvalue weighted by atomic mass is 16.4. The Kier molecular flexibility index (Phi) is 3.61. The van der Waals surface area contributed by atoms with E-state index in [0.717, 1.165) is 0 Å². The van der Waals surface area contributed by atoms with Gasteiger partial charge in [0.1, 0.15) is 0 Å². The quantitative estimate of drug-likeness (QED) is 0.299. The van der Waals surface area contributed by atoms with Gasteiger partial charge >= 0.3 is 5.97 Å². The summed E-state index contributed by atoms with van der Waals surface area (Å²) >= 11 is 0. The van der Waals surface area contributed by atoms with Crippen LogP contribution in [0.25, 0.3) is 0 Å². The van der Waals surface area contributed by atoms with Crippen LogP contribution >= 0.6 is 0 Å². The number of carboxylic acid groups (broad SMARTS) is 1.